The van der Waals surface area contributed by atoms with Gasteiger partial charge in [-0.25, -0.2) is 0 Å². The fourth-order valence-corrected chi connectivity index (χ4v) is 4.12. The molecule has 2 aliphatic heterocycles. The first-order valence-electron chi connectivity index (χ1n) is 8.78. The van der Waals surface area contributed by atoms with Gasteiger partial charge < -0.3 is 10.2 Å². The van der Waals surface area contributed by atoms with Gasteiger partial charge in [-0.1, -0.05) is 41.5 Å². The number of rotatable bonds is 2. The Morgan fingerprint density at radius 2 is 1.85 bits per heavy atom. The van der Waals surface area contributed by atoms with E-state index in [1.807, 2.05) is 48.5 Å². The number of benzene rings is 2. The summed E-state index contributed by atoms with van der Waals surface area (Å²) in [6, 6.07) is 17.8. The van der Waals surface area contributed by atoms with Crippen LogP contribution in [0.1, 0.15) is 18.4 Å². The molecule has 5 rings (SSSR count). The fraction of sp³-hybridized carbons (Fsp3) is 0.263. The summed E-state index contributed by atoms with van der Waals surface area (Å²) in [7, 11) is 0. The summed E-state index contributed by atoms with van der Waals surface area (Å²) in [6.07, 6.45) is 1.74. The summed E-state index contributed by atoms with van der Waals surface area (Å²) >= 11 is 0. The molecule has 0 bridgehead atoms. The zero-order chi connectivity index (χ0) is 17.6. The monoisotopic (exact) mass is 346 g/mol. The van der Waals surface area contributed by atoms with Gasteiger partial charge in [0, 0.05) is 18.8 Å². The van der Waals surface area contributed by atoms with E-state index in [9.17, 15) is 4.79 Å². The van der Waals surface area contributed by atoms with Gasteiger partial charge in [0.15, 0.2) is 0 Å². The van der Waals surface area contributed by atoms with Crippen molar-refractivity contribution in [3.63, 3.8) is 0 Å². The lowest BCUT2D eigenvalue weighted by molar-refractivity contribution is -0.121. The Bertz CT molecular complexity index is 969. The van der Waals surface area contributed by atoms with E-state index in [1.165, 1.54) is 0 Å². The Balaban J connectivity index is 1.54. The van der Waals surface area contributed by atoms with Gasteiger partial charge in [-0.2, -0.15) is 4.68 Å². The summed E-state index contributed by atoms with van der Waals surface area (Å²) in [4.78, 5) is 15.0. The molecule has 1 atom stereocenters. The first kappa shape index (κ1) is 15.1. The lowest BCUT2D eigenvalue weighted by atomic mass is 9.75. The summed E-state index contributed by atoms with van der Waals surface area (Å²) in [6.45, 7) is 1.40. The van der Waals surface area contributed by atoms with E-state index in [1.54, 1.807) is 4.68 Å². The first-order valence-corrected chi connectivity index (χ1v) is 8.78. The number of hydrogen-bond donors (Lipinski definition) is 1. The Labute approximate surface area is 150 Å². The third-order valence-corrected chi connectivity index (χ3v) is 5.35. The largest absolute Gasteiger partial charge is 0.338 e. The molecule has 7 nitrogen and oxygen atoms in total. The van der Waals surface area contributed by atoms with Crippen LogP contribution in [-0.2, 0) is 10.2 Å². The minimum atomic E-state index is -0.539. The molecule has 3 heterocycles. The second-order valence-electron chi connectivity index (χ2n) is 6.83. The van der Waals surface area contributed by atoms with E-state index >= 15 is 0 Å². The smallest absolute Gasteiger partial charge is 0.250 e. The highest BCUT2D eigenvalue weighted by molar-refractivity contribution is 6.06. The van der Waals surface area contributed by atoms with Crippen LogP contribution in [0, 0.1) is 0 Å². The Kier molecular flexibility index (Phi) is 3.28. The molecular formula is C19H18N6O. The minimum Gasteiger partial charge on any atom is -0.338 e. The van der Waals surface area contributed by atoms with Gasteiger partial charge in [0.25, 0.3) is 0 Å². The number of tetrazole rings is 1. The van der Waals surface area contributed by atoms with Gasteiger partial charge in [-0.3, -0.25) is 4.79 Å². The van der Waals surface area contributed by atoms with E-state index in [2.05, 4.69) is 31.8 Å². The topological polar surface area (TPSA) is 75.9 Å². The third kappa shape index (κ3) is 2.13. The lowest BCUT2D eigenvalue weighted by Crippen LogP contribution is -2.50. The molecule has 1 N–H and O–H groups in total. The minimum absolute atomic E-state index is 0.0714. The molecule has 2 aromatic carbocycles. The van der Waals surface area contributed by atoms with Crippen LogP contribution in [0.3, 0.4) is 0 Å². The van der Waals surface area contributed by atoms with Crippen LogP contribution in [0.25, 0.3) is 5.69 Å². The van der Waals surface area contributed by atoms with E-state index in [-0.39, 0.29) is 5.91 Å². The molecule has 1 fully saturated rings. The number of nitrogens with zero attached hydrogens (tertiary/aromatic N) is 5. The second-order valence-corrected chi connectivity index (χ2v) is 6.83. The molecule has 1 unspecified atom stereocenters. The van der Waals surface area contributed by atoms with Crippen molar-refractivity contribution in [2.24, 2.45) is 0 Å². The molecule has 0 aliphatic carbocycles. The predicted octanol–water partition coefficient (Wildman–Crippen LogP) is 2.15. The van der Waals surface area contributed by atoms with E-state index in [0.717, 1.165) is 36.3 Å². The van der Waals surface area contributed by atoms with Crippen LogP contribution < -0.4 is 10.2 Å². The highest BCUT2D eigenvalue weighted by atomic mass is 16.2. The van der Waals surface area contributed by atoms with Crippen molar-refractivity contribution < 1.29 is 4.79 Å². The van der Waals surface area contributed by atoms with Crippen molar-refractivity contribution in [1.29, 1.82) is 0 Å². The number of carbonyl (C=O) groups excluding carboxylic acids is 1. The summed E-state index contributed by atoms with van der Waals surface area (Å²) in [5, 5.41) is 15.3. The van der Waals surface area contributed by atoms with Crippen LogP contribution >= 0.6 is 0 Å². The molecule has 130 valence electrons. The SMILES string of the molecule is O=C1Nc2ccccc2C12CCCN(c1nnnn1-c1ccccc1)C2. The number of aromatic nitrogens is 4. The second kappa shape index (κ2) is 5.66. The summed E-state index contributed by atoms with van der Waals surface area (Å²) in [5.41, 5.74) is 2.36. The van der Waals surface area contributed by atoms with Crippen molar-refractivity contribution in [1.82, 2.24) is 20.2 Å². The van der Waals surface area contributed by atoms with Crippen LogP contribution in [0.2, 0.25) is 0 Å². The van der Waals surface area contributed by atoms with Crippen molar-refractivity contribution in [2.75, 3.05) is 23.3 Å². The normalized spacial score (nSPS) is 21.7. The number of amides is 1. The van der Waals surface area contributed by atoms with Gasteiger partial charge in [-0.15, -0.1) is 0 Å². The van der Waals surface area contributed by atoms with Crippen LogP contribution in [0.15, 0.2) is 54.6 Å². The molecule has 1 spiro atoms. The van der Waals surface area contributed by atoms with Gasteiger partial charge in [0.05, 0.1) is 11.1 Å². The number of piperidine rings is 1. The molecule has 2 aliphatic rings. The average molecular weight is 346 g/mol. The van der Waals surface area contributed by atoms with E-state index in [0.29, 0.717) is 12.5 Å². The molecule has 1 aromatic heterocycles. The van der Waals surface area contributed by atoms with Gasteiger partial charge in [0.2, 0.25) is 11.9 Å². The number of nitrogens with one attached hydrogen (secondary N) is 1. The standard InChI is InChI=1S/C19H18N6O/c26-17-19(15-9-4-5-10-16(15)20-17)11-6-12-24(13-19)18-21-22-23-25(18)14-7-2-1-3-8-14/h1-5,7-10H,6,11-13H2,(H,20,26). The van der Waals surface area contributed by atoms with Crippen molar-refractivity contribution >= 4 is 17.5 Å². The van der Waals surface area contributed by atoms with Crippen molar-refractivity contribution in [3.8, 4) is 5.69 Å². The Morgan fingerprint density at radius 1 is 1.04 bits per heavy atom. The number of anilines is 2. The molecule has 26 heavy (non-hydrogen) atoms. The van der Waals surface area contributed by atoms with Crippen LogP contribution in [-0.4, -0.2) is 39.2 Å². The first-order chi connectivity index (χ1) is 12.8. The summed E-state index contributed by atoms with van der Waals surface area (Å²) in [5.74, 6) is 0.745. The predicted molar refractivity (Wildman–Crippen MR) is 97.4 cm³/mol. The number of fused-ring (bicyclic) bond motifs is 2. The number of hydrogen-bond acceptors (Lipinski definition) is 5. The number of para-hydroxylation sites is 2. The highest BCUT2D eigenvalue weighted by Gasteiger charge is 2.49. The van der Waals surface area contributed by atoms with Gasteiger partial charge >= 0.3 is 0 Å². The fourth-order valence-electron chi connectivity index (χ4n) is 4.12. The maximum atomic E-state index is 12.9. The van der Waals surface area contributed by atoms with E-state index < -0.39 is 5.41 Å². The molecule has 0 saturated carbocycles. The van der Waals surface area contributed by atoms with Gasteiger partial charge in [0.1, 0.15) is 0 Å². The van der Waals surface area contributed by atoms with Crippen LogP contribution in [0.4, 0.5) is 11.6 Å². The molecule has 3 aromatic rings. The lowest BCUT2D eigenvalue weighted by Gasteiger charge is -2.39. The van der Waals surface area contributed by atoms with Crippen molar-refractivity contribution in [3.05, 3.63) is 60.2 Å². The maximum Gasteiger partial charge on any atom is 0.250 e. The average Bonchev–Trinajstić information content (AvgIpc) is 3.27. The molecular weight excluding hydrogens is 328 g/mol. The number of carbonyl (C=O) groups is 1. The van der Waals surface area contributed by atoms with Crippen LogP contribution in [0.5, 0.6) is 0 Å². The Morgan fingerprint density at radius 3 is 2.73 bits per heavy atom. The zero-order valence-electron chi connectivity index (χ0n) is 14.2. The molecule has 7 heteroatoms. The van der Waals surface area contributed by atoms with Crippen molar-refractivity contribution in [2.45, 2.75) is 18.3 Å². The third-order valence-electron chi connectivity index (χ3n) is 5.35. The molecule has 1 saturated heterocycles. The molecule has 1 amide bonds. The Hall–Kier alpha value is -3.22. The quantitative estimate of drug-likeness (QED) is 0.769. The zero-order valence-corrected chi connectivity index (χ0v) is 14.2. The summed E-state index contributed by atoms with van der Waals surface area (Å²) < 4.78 is 1.73. The van der Waals surface area contributed by atoms with E-state index in [4.69, 9.17) is 0 Å². The highest BCUT2D eigenvalue weighted by Crippen LogP contribution is 2.44. The molecule has 0 radical (unpaired) electrons. The maximum absolute atomic E-state index is 12.9. The van der Waals surface area contributed by atoms with Gasteiger partial charge in [-0.05, 0) is 47.0 Å².